The predicted molar refractivity (Wildman–Crippen MR) is 595 cm³/mol. The van der Waals surface area contributed by atoms with E-state index >= 15 is 0 Å². The van der Waals surface area contributed by atoms with E-state index in [0.717, 1.165) is 51.2 Å². The van der Waals surface area contributed by atoms with Gasteiger partial charge in [-0.1, -0.05) is 369 Å². The summed E-state index contributed by atoms with van der Waals surface area (Å²) < 4.78 is 0. The first-order valence-corrected chi connectivity index (χ1v) is 50.2. The highest BCUT2D eigenvalue weighted by Crippen LogP contribution is 2.59. The smallest absolute Gasteiger partial charge is 0.252 e. The van der Waals surface area contributed by atoms with Gasteiger partial charge in [0.25, 0.3) is 20.1 Å². The van der Waals surface area contributed by atoms with E-state index in [9.17, 15) is 0 Å². The number of nitrogens with zero attached hydrogens (tertiary/aromatic N) is 6. The number of benzene rings is 15. The topological polar surface area (TPSA) is 19.4 Å². The van der Waals surface area contributed by atoms with Crippen molar-refractivity contribution in [2.45, 2.75) is 248 Å². The van der Waals surface area contributed by atoms with Gasteiger partial charge in [-0.3, -0.25) is 0 Å². The minimum absolute atomic E-state index is 0.0413. The molecule has 0 aromatic heterocycles. The van der Waals surface area contributed by atoms with Crippen LogP contribution in [0.1, 0.15) is 261 Å². The molecule has 15 aromatic carbocycles. The van der Waals surface area contributed by atoms with Gasteiger partial charge in [-0.25, -0.2) is 0 Å². The lowest BCUT2D eigenvalue weighted by molar-refractivity contribution is 0.590. The summed E-state index contributed by atoms with van der Waals surface area (Å²) in [5.41, 5.74) is 45.4. The minimum Gasteiger partial charge on any atom is -0.311 e. The molecule has 6 nitrogen and oxygen atoms in total. The van der Waals surface area contributed by atoms with Crippen molar-refractivity contribution < 1.29 is 0 Å². The second-order valence-electron chi connectivity index (χ2n) is 49.6. The number of anilines is 18. The number of para-hydroxylation sites is 3. The number of hydrogen-bond donors (Lipinski definition) is 0. The third kappa shape index (κ3) is 14.8. The Kier molecular flexibility index (Phi) is 20.8. The molecule has 21 rings (SSSR count). The summed E-state index contributed by atoms with van der Waals surface area (Å²) >= 11 is 0. The van der Waals surface area contributed by atoms with E-state index in [0.29, 0.717) is 0 Å². The Hall–Kier alpha value is -12.7. The molecule has 6 aliphatic rings. The molecule has 0 atom stereocenters. The molecule has 15 aromatic rings. The first kappa shape index (κ1) is 90.7. The predicted octanol–water partition coefficient (Wildman–Crippen LogP) is 29.0. The number of hydrogen-bond acceptors (Lipinski definition) is 6. The molecule has 6 heterocycles. The van der Waals surface area contributed by atoms with Gasteiger partial charge in [-0.05, 0) is 299 Å². The molecular weight excluding hydrogens is 1650 g/mol. The molecule has 6 aliphatic heterocycles. The van der Waals surface area contributed by atoms with E-state index in [2.05, 4.69) is 533 Å². The summed E-state index contributed by atoms with van der Waals surface area (Å²) in [5, 5.41) is 0. The molecule has 0 unspecified atom stereocenters. The summed E-state index contributed by atoms with van der Waals surface area (Å²) in [4.78, 5) is 16.0. The normalized spacial score (nSPS) is 14.6. The molecule has 0 N–H and O–H groups in total. The van der Waals surface area contributed by atoms with Crippen LogP contribution in [-0.4, -0.2) is 20.1 Å². The summed E-state index contributed by atoms with van der Waals surface area (Å²) in [5.74, 6) is 0. The first-order chi connectivity index (χ1) is 64.6. The molecule has 0 bridgehead atoms. The SMILES string of the molecule is CC(C)(C)c1ccc(N2c3ccc(C(C)(C)C)cc3B3c4cccc(C(C)(c5cccc6c5N(c5ccc(C(C)(C)C)cc5)c5cccc7c5B6c5cc(C(C)(C)C)ccc5N7c5ccc(C(C)(C)C)cc5)c5cccc6c5N(c5ccc(C(C)(C)C)cc5)c5cccc7c5B6c5cc(C(C)(C)C)ccc5N7c5ccc(C(C)(C)C)cc5)c4N(c4ccc(C(C)(C)C)cc4)c4cccc2c43)cc1. The Morgan fingerprint density at radius 2 is 0.321 bits per heavy atom. The lowest BCUT2D eigenvalue weighted by atomic mass is 9.32. The highest BCUT2D eigenvalue weighted by Gasteiger charge is 2.54. The second kappa shape index (κ2) is 31.4. The first-order valence-electron chi connectivity index (χ1n) is 50.2. The second-order valence-corrected chi connectivity index (χ2v) is 49.6. The van der Waals surface area contributed by atoms with Crippen molar-refractivity contribution >= 4 is 172 Å². The lowest BCUT2D eigenvalue weighted by Gasteiger charge is -2.50. The third-order valence-electron chi connectivity index (χ3n) is 31.2. The van der Waals surface area contributed by atoms with Crippen molar-refractivity contribution in [3.8, 4) is 0 Å². The quantitative estimate of drug-likeness (QED) is 0.105. The lowest BCUT2D eigenvalue weighted by Crippen LogP contribution is -2.63. The maximum absolute atomic E-state index is 2.74. The molecule has 0 saturated carbocycles. The maximum atomic E-state index is 2.74. The Morgan fingerprint density at radius 1 is 0.153 bits per heavy atom. The van der Waals surface area contributed by atoms with Gasteiger partial charge >= 0.3 is 0 Å². The van der Waals surface area contributed by atoms with E-state index in [1.807, 2.05) is 0 Å². The number of fused-ring (bicyclic) bond motifs is 12. The van der Waals surface area contributed by atoms with Gasteiger partial charge in [0.2, 0.25) is 0 Å². The maximum Gasteiger partial charge on any atom is 0.252 e. The van der Waals surface area contributed by atoms with Crippen LogP contribution in [0, 0.1) is 0 Å². The standard InChI is InChI=1S/C128H135B3N6/c1-119(2,3)80-47-62-89(63-48-80)132-104-74-59-86(125(19,20)21)77-101(104)129-98-38-29-35-95(116(98)135(110-44-32-41-107(132)113(110)129)92-68-53-83(54-69-92)122(10,11)12)128(28,96-36-30-39-99-117(96)136(93-70-55-84(56-71-93)123(13,14)15)111-45-33-42-108-114(111)130(99)102-78-87(126(22,23)24)60-75-105(102)133(108)90-64-49-81(50-65-90)120(4,5)6)97-37-31-40-100-118(97)137(94-72-57-85(58-73-94)124(16,17)18)112-46-34-43-109-115(112)131(100)103-79-88(127(25,26)27)61-76-106(103)134(109)91-66-51-82(52-67-91)121(7,8)9/h29-79H,1-28H3. The van der Waals surface area contributed by atoms with Crippen LogP contribution in [0.5, 0.6) is 0 Å². The van der Waals surface area contributed by atoms with Crippen molar-refractivity contribution in [1.29, 1.82) is 0 Å². The molecule has 0 spiro atoms. The van der Waals surface area contributed by atoms with E-state index in [4.69, 9.17) is 0 Å². The van der Waals surface area contributed by atoms with Crippen LogP contribution >= 0.6 is 0 Å². The van der Waals surface area contributed by atoms with Gasteiger partial charge < -0.3 is 29.4 Å². The van der Waals surface area contributed by atoms with Crippen LogP contribution in [0.4, 0.5) is 102 Å². The zero-order chi connectivity index (χ0) is 96.8. The van der Waals surface area contributed by atoms with Gasteiger partial charge in [-0.15, -0.1) is 0 Å². The van der Waals surface area contributed by atoms with Crippen LogP contribution < -0.4 is 78.6 Å². The Bertz CT molecular complexity index is 6640. The minimum atomic E-state index is -1.14. The molecule has 137 heavy (non-hydrogen) atoms. The molecule has 686 valence electrons. The van der Waals surface area contributed by atoms with E-state index in [-0.39, 0.29) is 68.9 Å². The fraction of sp³-hybridized carbons (Fsp3) is 0.297. The summed E-state index contributed by atoms with van der Waals surface area (Å²) in [6.45, 7) is 65.6. The average Bonchev–Trinajstić information content (AvgIpc) is 0.677. The van der Waals surface area contributed by atoms with E-state index in [1.165, 1.54) is 167 Å². The zero-order valence-electron chi connectivity index (χ0n) is 86.4. The van der Waals surface area contributed by atoms with E-state index < -0.39 is 5.41 Å². The van der Waals surface area contributed by atoms with Crippen molar-refractivity contribution in [2.24, 2.45) is 0 Å². The van der Waals surface area contributed by atoms with Crippen LogP contribution in [0.25, 0.3) is 0 Å². The van der Waals surface area contributed by atoms with Crippen LogP contribution in [0.2, 0.25) is 0 Å². The Labute approximate surface area is 819 Å². The zero-order valence-corrected chi connectivity index (χ0v) is 86.4. The fourth-order valence-corrected chi connectivity index (χ4v) is 23.3. The van der Waals surface area contributed by atoms with Gasteiger partial charge in [0, 0.05) is 108 Å². The third-order valence-corrected chi connectivity index (χ3v) is 31.2. The summed E-state index contributed by atoms with van der Waals surface area (Å²) in [7, 11) is 0. The van der Waals surface area contributed by atoms with Gasteiger partial charge in [0.15, 0.2) is 0 Å². The summed E-state index contributed by atoms with van der Waals surface area (Å²) in [6.07, 6.45) is 0. The van der Waals surface area contributed by atoms with E-state index in [1.54, 1.807) is 0 Å². The monoisotopic (exact) mass is 1790 g/mol. The van der Waals surface area contributed by atoms with Crippen molar-refractivity contribution in [1.82, 2.24) is 0 Å². The van der Waals surface area contributed by atoms with Crippen LogP contribution in [0.15, 0.2) is 309 Å². The Morgan fingerprint density at radius 3 is 0.511 bits per heavy atom. The van der Waals surface area contributed by atoms with Gasteiger partial charge in [-0.2, -0.15) is 0 Å². The highest BCUT2D eigenvalue weighted by atomic mass is 15.2. The molecule has 0 aliphatic carbocycles. The van der Waals surface area contributed by atoms with Crippen LogP contribution in [0.3, 0.4) is 0 Å². The molecule has 0 radical (unpaired) electrons. The van der Waals surface area contributed by atoms with Gasteiger partial charge in [0.05, 0.1) is 0 Å². The largest absolute Gasteiger partial charge is 0.311 e. The van der Waals surface area contributed by atoms with Crippen LogP contribution in [-0.2, 0) is 54.1 Å². The fourth-order valence-electron chi connectivity index (χ4n) is 23.3. The average molecular weight is 1790 g/mol. The Balaban J connectivity index is 0.936. The van der Waals surface area contributed by atoms with Crippen molar-refractivity contribution in [2.75, 3.05) is 29.4 Å². The summed E-state index contributed by atoms with van der Waals surface area (Å²) in [6, 6.07) is 125. The van der Waals surface area contributed by atoms with Crippen molar-refractivity contribution in [3.05, 3.63) is 376 Å². The molecule has 0 saturated heterocycles. The van der Waals surface area contributed by atoms with Crippen molar-refractivity contribution in [3.63, 3.8) is 0 Å². The molecule has 0 fully saturated rings. The van der Waals surface area contributed by atoms with Gasteiger partial charge in [0.1, 0.15) is 0 Å². The molecular formula is C128H135B3N6. The number of rotatable bonds is 9. The molecule has 0 amide bonds. The molecule has 9 heteroatoms. The highest BCUT2D eigenvalue weighted by molar-refractivity contribution is 7.02.